The molecule has 4 nitrogen and oxygen atoms in total. The second-order valence-corrected chi connectivity index (χ2v) is 1.80. The first-order valence-corrected chi connectivity index (χ1v) is 2.68. The summed E-state index contributed by atoms with van der Waals surface area (Å²) in [5.41, 5.74) is 0. The van der Waals surface area contributed by atoms with E-state index in [1.165, 1.54) is 0 Å². The predicted octanol–water partition coefficient (Wildman–Crippen LogP) is -11.0. The Bertz CT molecular complexity index is 41.6. The zero-order chi connectivity index (χ0) is 4.50. The first-order valence-electron chi connectivity index (χ1n) is 0.894. The second kappa shape index (κ2) is 13.0. The van der Waals surface area contributed by atoms with Crippen molar-refractivity contribution in [1.82, 2.24) is 0 Å². The monoisotopic (exact) mass is 190 g/mol. The molecule has 50 valence electrons. The average Bonchev–Trinajstić information content (AvgIpc) is 0.722. The minimum Gasteiger partial charge on any atom is -1.00 e. The molecule has 4 N–H and O–H groups in total. The third-order valence-corrected chi connectivity index (χ3v) is 0. The molecule has 0 radical (unpaired) electrons. The molecule has 0 aliphatic rings. The minimum absolute atomic E-state index is 0. The van der Waals surface area contributed by atoms with Crippen LogP contribution in [-0.2, 0) is 0 Å². The van der Waals surface area contributed by atoms with Crippen LogP contribution < -0.4 is 48.4 Å². The second-order valence-electron chi connectivity index (χ2n) is 0.600. The Hall–Kier alpha value is 2.40. The smallest absolute Gasteiger partial charge is 1.00 e. The predicted molar refractivity (Wildman–Crippen MR) is 38.1 cm³/mol. The number of rotatable bonds is 0. The van der Waals surface area contributed by atoms with Crippen molar-refractivity contribution in [2.45, 2.75) is 0 Å². The topological polar surface area (TPSA) is 80.9 Å². The molecular weight excluding hydrogens is 177 g/mol. The fraction of sp³-hybridized carbons (Fsp3) is 0. The molecule has 0 aromatic carbocycles. The van der Waals surface area contributed by atoms with Crippen LogP contribution in [0.4, 0.5) is 0 Å². The molecule has 0 spiro atoms. The van der Waals surface area contributed by atoms with Crippen LogP contribution in [0.15, 0.2) is 0 Å². The van der Waals surface area contributed by atoms with Crippen LogP contribution in [0.3, 0.4) is 0 Å². The Morgan fingerprint density at radius 3 is 1.00 bits per heavy atom. The van der Waals surface area contributed by atoms with Gasteiger partial charge in [-0.15, -0.1) is 0 Å². The molecule has 0 fully saturated rings. The summed E-state index contributed by atoms with van der Waals surface area (Å²) < 4.78 is 0. The van der Waals surface area contributed by atoms with Crippen LogP contribution in [0, 0.1) is 0 Å². The molecule has 0 atom stereocenters. The van der Waals surface area contributed by atoms with Crippen molar-refractivity contribution in [3.63, 3.8) is 0 Å². The maximum Gasteiger partial charge on any atom is 1.00 e. The van der Waals surface area contributed by atoms with Gasteiger partial charge in [-0.2, -0.15) is 0 Å². The van der Waals surface area contributed by atoms with Gasteiger partial charge in [0.1, 0.15) is 0 Å². The Kier molecular flexibility index (Phi) is 43.6. The van der Waals surface area contributed by atoms with E-state index in [-0.39, 0.29) is 79.6 Å². The summed E-state index contributed by atoms with van der Waals surface area (Å²) in [6, 6.07) is 0. The van der Waals surface area contributed by atoms with Gasteiger partial charge < -0.3 is 22.0 Å². The van der Waals surface area contributed by atoms with Crippen molar-refractivity contribution in [3.8, 4) is 0 Å². The van der Waals surface area contributed by atoms with Crippen molar-refractivity contribution in [2.75, 3.05) is 0 Å². The van der Waals surface area contributed by atoms with E-state index in [1.54, 1.807) is 0 Å². The molecule has 0 amide bonds. The maximum absolute atomic E-state index is 7.33. The van der Waals surface area contributed by atoms with Gasteiger partial charge in [-0.05, 0) is 11.0 Å². The van der Waals surface area contributed by atoms with Crippen LogP contribution in [0.5, 0.6) is 0 Å². The van der Waals surface area contributed by atoms with Crippen molar-refractivity contribution in [2.24, 2.45) is 0 Å². The van der Waals surface area contributed by atoms with Crippen LogP contribution >= 0.6 is 0 Å². The molecular formula is H13AlLiNaO4Si2. The molecule has 0 aromatic heterocycles. The molecule has 0 bridgehead atoms. The van der Waals surface area contributed by atoms with Gasteiger partial charge in [0.05, 0.1) is 0 Å². The summed E-state index contributed by atoms with van der Waals surface area (Å²) in [5, 5.41) is 0. The molecule has 0 aliphatic carbocycles. The van der Waals surface area contributed by atoms with Crippen molar-refractivity contribution in [1.29, 1.82) is 0 Å². The molecule has 0 rings (SSSR count). The Morgan fingerprint density at radius 2 is 1.00 bits per heavy atom. The summed E-state index contributed by atoms with van der Waals surface area (Å²) in [7, 11) is -4.61. The van der Waals surface area contributed by atoms with E-state index < -0.39 is 9.05 Å². The standard InChI is InChI=1S/Al.Li.Na.H4O4Si.H4Si.5H/c;;;1-5(2,3)4;;;;;;/h;;;1-4H;1H4;;;;;/q;2*+1;;;;;;2*-1. The van der Waals surface area contributed by atoms with Crippen LogP contribution in [-0.4, -0.2) is 56.6 Å². The number of hydrogen-bond acceptors (Lipinski definition) is 4. The molecule has 0 saturated carbocycles. The largest absolute Gasteiger partial charge is 1.00 e. The summed E-state index contributed by atoms with van der Waals surface area (Å²) in [6.07, 6.45) is 0. The maximum atomic E-state index is 7.33. The molecule has 0 aromatic rings. The summed E-state index contributed by atoms with van der Waals surface area (Å²) in [5.74, 6) is 0. The Labute approximate surface area is 107 Å². The number of hydrogen-bond donors (Lipinski definition) is 4. The zero-order valence-electron chi connectivity index (χ0n) is 6.29. The first kappa shape index (κ1) is 30.1. The van der Waals surface area contributed by atoms with E-state index >= 15 is 0 Å². The van der Waals surface area contributed by atoms with E-state index in [9.17, 15) is 0 Å². The molecule has 9 heavy (non-hydrogen) atoms. The van der Waals surface area contributed by atoms with E-state index in [4.69, 9.17) is 19.2 Å². The fourth-order valence-corrected chi connectivity index (χ4v) is 0. The molecule has 9 heteroatoms. The van der Waals surface area contributed by atoms with Gasteiger partial charge >= 0.3 is 57.5 Å². The molecule has 0 aliphatic heterocycles. The van der Waals surface area contributed by atoms with Crippen molar-refractivity contribution in [3.05, 3.63) is 0 Å². The summed E-state index contributed by atoms with van der Waals surface area (Å²) in [4.78, 5) is 29.3. The van der Waals surface area contributed by atoms with Crippen LogP contribution in [0.2, 0.25) is 0 Å². The van der Waals surface area contributed by atoms with Crippen molar-refractivity contribution < 1.29 is 70.5 Å². The summed E-state index contributed by atoms with van der Waals surface area (Å²) >= 11 is 0. The quantitative estimate of drug-likeness (QED) is 0.286. The third-order valence-electron chi connectivity index (χ3n) is 0. The normalized spacial score (nSPS) is 6.67. The van der Waals surface area contributed by atoms with E-state index in [1.807, 2.05) is 0 Å². The van der Waals surface area contributed by atoms with Gasteiger partial charge in [0.25, 0.3) is 0 Å². The Morgan fingerprint density at radius 1 is 1.00 bits per heavy atom. The van der Waals surface area contributed by atoms with E-state index in [2.05, 4.69) is 0 Å². The van der Waals surface area contributed by atoms with Gasteiger partial charge in [-0.1, -0.05) is 0 Å². The molecule has 0 heterocycles. The molecule has 0 unspecified atom stereocenters. The molecule has 0 saturated heterocycles. The zero-order valence-corrected chi connectivity index (χ0v) is 7.29. The average molecular weight is 190 g/mol. The van der Waals surface area contributed by atoms with Gasteiger partial charge in [0.15, 0.2) is 17.4 Å². The van der Waals surface area contributed by atoms with Crippen molar-refractivity contribution >= 4 is 37.4 Å². The van der Waals surface area contributed by atoms with Gasteiger partial charge in [-0.3, -0.25) is 0 Å². The van der Waals surface area contributed by atoms with Gasteiger partial charge in [0.2, 0.25) is 0 Å². The van der Waals surface area contributed by atoms with E-state index in [0.29, 0.717) is 0 Å². The Balaban J connectivity index is -0.00000000533. The SMILES string of the molecule is O[Si](O)(O)O.[AlH3].[H-].[H-].[Li+].[Na+].[SiH4]. The first-order chi connectivity index (χ1) is 2.00. The minimum atomic E-state index is -4.61. The van der Waals surface area contributed by atoms with Crippen LogP contribution in [0.1, 0.15) is 2.85 Å². The fourth-order valence-electron chi connectivity index (χ4n) is 0. The summed E-state index contributed by atoms with van der Waals surface area (Å²) in [6.45, 7) is 0. The van der Waals surface area contributed by atoms with E-state index in [0.717, 1.165) is 0 Å². The van der Waals surface area contributed by atoms with Crippen LogP contribution in [0.25, 0.3) is 0 Å². The van der Waals surface area contributed by atoms with Gasteiger partial charge in [0, 0.05) is 0 Å². The third kappa shape index (κ3) is 127. The van der Waals surface area contributed by atoms with Gasteiger partial charge in [-0.25, -0.2) is 0 Å².